The monoisotopic (exact) mass is 207 g/mol. The van der Waals surface area contributed by atoms with Gasteiger partial charge in [0.2, 0.25) is 5.91 Å². The molecule has 0 unspecified atom stereocenters. The van der Waals surface area contributed by atoms with Gasteiger partial charge in [0.1, 0.15) is 0 Å². The van der Waals surface area contributed by atoms with E-state index in [1.807, 2.05) is 6.07 Å². The molecule has 1 amide bonds. The summed E-state index contributed by atoms with van der Waals surface area (Å²) in [6.07, 6.45) is 1.80. The van der Waals surface area contributed by atoms with Crippen LogP contribution in [0.4, 0.5) is 0 Å². The third-order valence-corrected chi connectivity index (χ3v) is 1.98. The summed E-state index contributed by atoms with van der Waals surface area (Å²) in [6, 6.07) is 8.76. The van der Waals surface area contributed by atoms with Gasteiger partial charge >= 0.3 is 5.97 Å². The largest absolute Gasteiger partial charge is 0.481 e. The first-order chi connectivity index (χ1) is 7.11. The van der Waals surface area contributed by atoms with Crippen LogP contribution in [-0.4, -0.2) is 17.0 Å². The molecule has 0 spiro atoms. The third kappa shape index (κ3) is 4.26. The van der Waals surface area contributed by atoms with Crippen LogP contribution >= 0.6 is 0 Å². The minimum atomic E-state index is -0.630. The maximum absolute atomic E-state index is 10.4. The molecule has 0 aromatic heterocycles. The van der Waals surface area contributed by atoms with Crippen molar-refractivity contribution in [3.05, 3.63) is 35.9 Å². The van der Waals surface area contributed by atoms with Crippen molar-refractivity contribution in [3.63, 3.8) is 0 Å². The van der Waals surface area contributed by atoms with E-state index in [4.69, 9.17) is 10.8 Å². The van der Waals surface area contributed by atoms with Gasteiger partial charge in [-0.25, -0.2) is 0 Å². The van der Waals surface area contributed by atoms with Gasteiger partial charge in [0, 0.05) is 5.56 Å². The molecule has 1 aromatic rings. The molecule has 4 heteroatoms. The topological polar surface area (TPSA) is 80.4 Å². The van der Waals surface area contributed by atoms with Gasteiger partial charge in [-0.15, -0.1) is 0 Å². The molecule has 0 saturated heterocycles. The molecule has 1 aliphatic carbocycles. The lowest BCUT2D eigenvalue weighted by atomic mass is 10.2. The fraction of sp³-hybridized carbons (Fsp3) is 0.273. The van der Waals surface area contributed by atoms with Crippen molar-refractivity contribution >= 4 is 11.9 Å². The Morgan fingerprint density at radius 1 is 1.20 bits per heavy atom. The molecule has 2 rings (SSSR count). The van der Waals surface area contributed by atoms with E-state index in [-0.39, 0.29) is 11.8 Å². The molecule has 1 aromatic carbocycles. The Bertz CT molecular complexity index is 344. The molecule has 4 nitrogen and oxygen atoms in total. The van der Waals surface area contributed by atoms with Crippen LogP contribution in [0.5, 0.6) is 0 Å². The van der Waals surface area contributed by atoms with Crippen molar-refractivity contribution in [1.82, 2.24) is 0 Å². The number of carbonyl (C=O) groups is 2. The number of aliphatic carboxylic acids is 1. The van der Waals surface area contributed by atoms with Gasteiger partial charge in [-0.05, 0) is 25.0 Å². The highest BCUT2D eigenvalue weighted by atomic mass is 16.4. The molecule has 80 valence electrons. The highest BCUT2D eigenvalue weighted by Crippen LogP contribution is 2.28. The SMILES string of the molecule is NC(=O)c1ccccc1.O=C(O)C1CC1. The molecule has 3 N–H and O–H groups in total. The second-order valence-corrected chi connectivity index (χ2v) is 3.34. The summed E-state index contributed by atoms with van der Waals surface area (Å²) < 4.78 is 0. The summed E-state index contributed by atoms with van der Waals surface area (Å²) in [6.45, 7) is 0. The van der Waals surface area contributed by atoms with E-state index in [2.05, 4.69) is 0 Å². The molecule has 1 fully saturated rings. The summed E-state index contributed by atoms with van der Waals surface area (Å²) in [7, 11) is 0. The van der Waals surface area contributed by atoms with Gasteiger partial charge in [-0.3, -0.25) is 9.59 Å². The number of amides is 1. The minimum Gasteiger partial charge on any atom is -0.481 e. The lowest BCUT2D eigenvalue weighted by Gasteiger charge is -1.89. The smallest absolute Gasteiger partial charge is 0.306 e. The van der Waals surface area contributed by atoms with E-state index in [1.165, 1.54) is 0 Å². The maximum atomic E-state index is 10.4. The second-order valence-electron chi connectivity index (χ2n) is 3.34. The van der Waals surface area contributed by atoms with Crippen molar-refractivity contribution in [2.24, 2.45) is 11.7 Å². The Hall–Kier alpha value is -1.84. The van der Waals surface area contributed by atoms with E-state index in [1.54, 1.807) is 24.3 Å². The second kappa shape index (κ2) is 5.14. The van der Waals surface area contributed by atoms with Gasteiger partial charge in [0.15, 0.2) is 0 Å². The van der Waals surface area contributed by atoms with Crippen LogP contribution < -0.4 is 5.73 Å². The predicted octanol–water partition coefficient (Wildman–Crippen LogP) is 1.27. The molecule has 0 bridgehead atoms. The van der Waals surface area contributed by atoms with Crippen LogP contribution in [0.15, 0.2) is 30.3 Å². The predicted molar refractivity (Wildman–Crippen MR) is 55.3 cm³/mol. The van der Waals surface area contributed by atoms with Crippen LogP contribution in [0, 0.1) is 5.92 Å². The van der Waals surface area contributed by atoms with Gasteiger partial charge in [-0.1, -0.05) is 18.2 Å². The average Bonchev–Trinajstić information content (AvgIpc) is 3.03. The number of primary amides is 1. The summed E-state index contributed by atoms with van der Waals surface area (Å²) in [4.78, 5) is 20.2. The van der Waals surface area contributed by atoms with Crippen LogP contribution in [0.25, 0.3) is 0 Å². The van der Waals surface area contributed by atoms with Crippen LogP contribution in [-0.2, 0) is 4.79 Å². The van der Waals surface area contributed by atoms with Gasteiger partial charge in [0.25, 0.3) is 0 Å². The van der Waals surface area contributed by atoms with Crippen molar-refractivity contribution in [3.8, 4) is 0 Å². The normalized spacial score (nSPS) is 13.6. The fourth-order valence-corrected chi connectivity index (χ4v) is 0.933. The van der Waals surface area contributed by atoms with Crippen LogP contribution in [0.2, 0.25) is 0 Å². The zero-order valence-electron chi connectivity index (χ0n) is 8.22. The Balaban J connectivity index is 0.000000162. The first-order valence-electron chi connectivity index (χ1n) is 4.69. The third-order valence-electron chi connectivity index (χ3n) is 1.98. The standard InChI is InChI=1S/C7H7NO.C4H6O2/c8-7(9)6-4-2-1-3-5-6;5-4(6)3-1-2-3/h1-5H,(H2,8,9);3H,1-2H2,(H,5,6). The summed E-state index contributed by atoms with van der Waals surface area (Å²) in [5.74, 6) is -0.990. The first kappa shape index (κ1) is 11.2. The fourth-order valence-electron chi connectivity index (χ4n) is 0.933. The number of carboxylic acid groups (broad SMARTS) is 1. The number of nitrogens with two attached hydrogens (primary N) is 1. The first-order valence-corrected chi connectivity index (χ1v) is 4.69. The van der Waals surface area contributed by atoms with Crippen LogP contribution in [0.3, 0.4) is 0 Å². The Morgan fingerprint density at radius 2 is 1.73 bits per heavy atom. The number of carboxylic acids is 1. The van der Waals surface area contributed by atoms with Gasteiger partial charge in [0.05, 0.1) is 5.92 Å². The lowest BCUT2D eigenvalue weighted by molar-refractivity contribution is -0.138. The number of hydrogen-bond acceptors (Lipinski definition) is 2. The molecule has 0 radical (unpaired) electrons. The van der Waals surface area contributed by atoms with E-state index < -0.39 is 5.97 Å². The molecular weight excluding hydrogens is 194 g/mol. The number of hydrogen-bond donors (Lipinski definition) is 2. The summed E-state index contributed by atoms with van der Waals surface area (Å²) in [5, 5.41) is 8.05. The van der Waals surface area contributed by atoms with Gasteiger partial charge < -0.3 is 10.8 Å². The van der Waals surface area contributed by atoms with Crippen molar-refractivity contribution in [1.29, 1.82) is 0 Å². The molecule has 0 aliphatic heterocycles. The van der Waals surface area contributed by atoms with E-state index in [0.29, 0.717) is 5.56 Å². The van der Waals surface area contributed by atoms with Crippen molar-refractivity contribution < 1.29 is 14.7 Å². The zero-order chi connectivity index (χ0) is 11.3. The Labute approximate surface area is 87.7 Å². The average molecular weight is 207 g/mol. The van der Waals surface area contributed by atoms with Crippen LogP contribution in [0.1, 0.15) is 23.2 Å². The van der Waals surface area contributed by atoms with E-state index in [9.17, 15) is 9.59 Å². The molecule has 1 saturated carbocycles. The Morgan fingerprint density at radius 3 is 1.93 bits per heavy atom. The Kier molecular flexibility index (Phi) is 3.85. The number of rotatable bonds is 2. The molecular formula is C11H13NO3. The highest BCUT2D eigenvalue weighted by molar-refractivity contribution is 5.92. The molecule has 15 heavy (non-hydrogen) atoms. The van der Waals surface area contributed by atoms with Crippen molar-refractivity contribution in [2.45, 2.75) is 12.8 Å². The highest BCUT2D eigenvalue weighted by Gasteiger charge is 2.28. The molecule has 0 atom stereocenters. The molecule has 1 aliphatic rings. The van der Waals surface area contributed by atoms with Gasteiger partial charge in [-0.2, -0.15) is 0 Å². The van der Waals surface area contributed by atoms with E-state index >= 15 is 0 Å². The quantitative estimate of drug-likeness (QED) is 0.766. The zero-order valence-corrected chi connectivity index (χ0v) is 8.22. The summed E-state index contributed by atoms with van der Waals surface area (Å²) in [5.41, 5.74) is 5.53. The van der Waals surface area contributed by atoms with E-state index in [0.717, 1.165) is 12.8 Å². The number of benzene rings is 1. The number of carbonyl (C=O) groups excluding carboxylic acids is 1. The summed E-state index contributed by atoms with van der Waals surface area (Å²) >= 11 is 0. The maximum Gasteiger partial charge on any atom is 0.306 e. The molecule has 0 heterocycles. The van der Waals surface area contributed by atoms with Crippen molar-refractivity contribution in [2.75, 3.05) is 0 Å². The lowest BCUT2D eigenvalue weighted by Crippen LogP contribution is -2.09. The minimum absolute atomic E-state index is 0.0185.